The molecule has 82 valence electrons. The summed E-state index contributed by atoms with van der Waals surface area (Å²) >= 11 is 3.24. The summed E-state index contributed by atoms with van der Waals surface area (Å²) in [7, 11) is 0. The lowest BCUT2D eigenvalue weighted by molar-refractivity contribution is 0.0650. The molecule has 0 radical (unpaired) electrons. The highest BCUT2D eigenvalue weighted by molar-refractivity contribution is 9.10. The molecule has 0 aliphatic carbocycles. The van der Waals surface area contributed by atoms with Gasteiger partial charge < -0.3 is 9.32 Å². The van der Waals surface area contributed by atoms with Crippen LogP contribution in [0.2, 0.25) is 0 Å². The third-order valence-corrected chi connectivity index (χ3v) is 3.61. The molecule has 1 aliphatic heterocycles. The Labute approximate surface area is 97.6 Å². The number of nitrogens with zero attached hydrogens (tertiary/aromatic N) is 1. The maximum Gasteiger partial charge on any atom is 0.258 e. The van der Waals surface area contributed by atoms with Gasteiger partial charge in [-0.05, 0) is 48.7 Å². The molecule has 2 heterocycles. The summed E-state index contributed by atoms with van der Waals surface area (Å²) in [6.45, 7) is 5.04. The van der Waals surface area contributed by atoms with Crippen LogP contribution in [0.15, 0.2) is 21.4 Å². The van der Waals surface area contributed by atoms with Crippen molar-refractivity contribution in [3.8, 4) is 0 Å². The van der Waals surface area contributed by atoms with Crippen molar-refractivity contribution in [2.45, 2.75) is 32.2 Å². The molecule has 1 fully saturated rings. The van der Waals surface area contributed by atoms with E-state index < -0.39 is 0 Å². The van der Waals surface area contributed by atoms with Crippen molar-refractivity contribution >= 4 is 21.8 Å². The van der Waals surface area contributed by atoms with E-state index in [1.54, 1.807) is 6.07 Å². The number of likely N-dealkylation sites (tertiary alicyclic amines) is 1. The molecular weight excluding hydrogens is 258 g/mol. The van der Waals surface area contributed by atoms with Crippen LogP contribution in [0.1, 0.15) is 37.0 Å². The van der Waals surface area contributed by atoms with Gasteiger partial charge in [-0.1, -0.05) is 0 Å². The highest BCUT2D eigenvalue weighted by atomic mass is 79.9. The van der Waals surface area contributed by atoms with Crippen molar-refractivity contribution in [2.24, 2.45) is 0 Å². The average molecular weight is 272 g/mol. The predicted octanol–water partition coefficient (Wildman–Crippen LogP) is 3.06. The van der Waals surface area contributed by atoms with Gasteiger partial charge in [0.2, 0.25) is 0 Å². The number of amides is 1. The van der Waals surface area contributed by atoms with E-state index in [1.165, 1.54) is 6.26 Å². The van der Waals surface area contributed by atoms with Crippen LogP contribution in [0.5, 0.6) is 0 Å². The summed E-state index contributed by atoms with van der Waals surface area (Å²) < 4.78 is 5.61. The lowest BCUT2D eigenvalue weighted by Gasteiger charge is -2.31. The van der Waals surface area contributed by atoms with Gasteiger partial charge in [0, 0.05) is 12.1 Å². The summed E-state index contributed by atoms with van der Waals surface area (Å²) in [5.74, 6) is 0.0538. The SMILES string of the molecule is CC1(C)CCCN1C(=O)c1ccoc1Br. The van der Waals surface area contributed by atoms with E-state index in [2.05, 4.69) is 29.8 Å². The van der Waals surface area contributed by atoms with Crippen molar-refractivity contribution in [2.75, 3.05) is 6.54 Å². The third-order valence-electron chi connectivity index (χ3n) is 2.99. The van der Waals surface area contributed by atoms with Crippen LogP contribution in [-0.2, 0) is 0 Å². The highest BCUT2D eigenvalue weighted by Crippen LogP contribution is 2.31. The van der Waals surface area contributed by atoms with Crippen LogP contribution < -0.4 is 0 Å². The first-order valence-corrected chi connectivity index (χ1v) is 5.86. The lowest BCUT2D eigenvalue weighted by atomic mass is 10.0. The minimum absolute atomic E-state index is 0.0339. The van der Waals surface area contributed by atoms with E-state index in [-0.39, 0.29) is 11.4 Å². The lowest BCUT2D eigenvalue weighted by Crippen LogP contribution is -2.42. The van der Waals surface area contributed by atoms with Gasteiger partial charge in [-0.15, -0.1) is 0 Å². The smallest absolute Gasteiger partial charge is 0.258 e. The fourth-order valence-electron chi connectivity index (χ4n) is 2.08. The minimum atomic E-state index is -0.0339. The number of furan rings is 1. The zero-order valence-electron chi connectivity index (χ0n) is 8.92. The van der Waals surface area contributed by atoms with Gasteiger partial charge >= 0.3 is 0 Å². The van der Waals surface area contributed by atoms with Gasteiger partial charge in [0.05, 0.1) is 11.8 Å². The molecule has 3 nitrogen and oxygen atoms in total. The zero-order valence-corrected chi connectivity index (χ0v) is 10.5. The van der Waals surface area contributed by atoms with E-state index in [9.17, 15) is 4.79 Å². The first kappa shape index (κ1) is 10.7. The number of hydrogen-bond acceptors (Lipinski definition) is 2. The molecule has 1 aliphatic rings. The summed E-state index contributed by atoms with van der Waals surface area (Å²) in [5, 5.41) is 0. The second-order valence-electron chi connectivity index (χ2n) is 4.48. The monoisotopic (exact) mass is 271 g/mol. The molecule has 4 heteroatoms. The topological polar surface area (TPSA) is 33.5 Å². The summed E-state index contributed by atoms with van der Waals surface area (Å²) in [4.78, 5) is 14.1. The van der Waals surface area contributed by atoms with E-state index in [1.807, 2.05) is 4.90 Å². The highest BCUT2D eigenvalue weighted by Gasteiger charge is 2.36. The Morgan fingerprint density at radius 2 is 2.33 bits per heavy atom. The molecule has 1 aromatic rings. The van der Waals surface area contributed by atoms with Gasteiger partial charge in [0.15, 0.2) is 4.67 Å². The number of carbonyl (C=O) groups is 1. The van der Waals surface area contributed by atoms with Gasteiger partial charge in [0.25, 0.3) is 5.91 Å². The molecule has 0 atom stereocenters. The molecule has 1 amide bonds. The molecule has 2 rings (SSSR count). The second kappa shape index (κ2) is 3.67. The number of hydrogen-bond donors (Lipinski definition) is 0. The van der Waals surface area contributed by atoms with Crippen molar-refractivity contribution < 1.29 is 9.21 Å². The maximum atomic E-state index is 12.2. The van der Waals surface area contributed by atoms with Crippen molar-refractivity contribution in [3.63, 3.8) is 0 Å². The molecule has 0 unspecified atom stereocenters. The second-order valence-corrected chi connectivity index (χ2v) is 5.20. The van der Waals surface area contributed by atoms with E-state index in [4.69, 9.17) is 4.42 Å². The van der Waals surface area contributed by atoms with Crippen LogP contribution in [-0.4, -0.2) is 22.9 Å². The van der Waals surface area contributed by atoms with Crippen LogP contribution in [0.25, 0.3) is 0 Å². The fraction of sp³-hybridized carbons (Fsp3) is 0.545. The van der Waals surface area contributed by atoms with Gasteiger partial charge in [0.1, 0.15) is 0 Å². The van der Waals surface area contributed by atoms with Crippen LogP contribution in [0, 0.1) is 0 Å². The Morgan fingerprint density at radius 1 is 1.60 bits per heavy atom. The number of carbonyl (C=O) groups excluding carboxylic acids is 1. The van der Waals surface area contributed by atoms with Crippen molar-refractivity contribution in [1.29, 1.82) is 0 Å². The molecule has 0 saturated carbocycles. The van der Waals surface area contributed by atoms with Gasteiger partial charge in [-0.3, -0.25) is 4.79 Å². The average Bonchev–Trinajstić information content (AvgIpc) is 2.70. The molecule has 1 saturated heterocycles. The normalized spacial score (nSPS) is 19.5. The van der Waals surface area contributed by atoms with Crippen LogP contribution in [0.4, 0.5) is 0 Å². The quantitative estimate of drug-likeness (QED) is 0.787. The van der Waals surface area contributed by atoms with E-state index in [0.717, 1.165) is 19.4 Å². The molecule has 0 bridgehead atoms. The molecule has 15 heavy (non-hydrogen) atoms. The number of rotatable bonds is 1. The maximum absolute atomic E-state index is 12.2. The van der Waals surface area contributed by atoms with Crippen molar-refractivity contribution in [3.05, 3.63) is 22.6 Å². The Kier molecular flexibility index (Phi) is 2.63. The largest absolute Gasteiger partial charge is 0.457 e. The first-order valence-electron chi connectivity index (χ1n) is 5.07. The molecule has 0 spiro atoms. The Morgan fingerprint density at radius 3 is 2.80 bits per heavy atom. The Hall–Kier alpha value is -0.770. The molecule has 0 N–H and O–H groups in total. The zero-order chi connectivity index (χ0) is 11.1. The van der Waals surface area contributed by atoms with Gasteiger partial charge in [-0.25, -0.2) is 0 Å². The Balaban J connectivity index is 2.26. The fourth-order valence-corrected chi connectivity index (χ4v) is 2.49. The predicted molar refractivity (Wildman–Crippen MR) is 60.8 cm³/mol. The summed E-state index contributed by atoms with van der Waals surface area (Å²) in [6.07, 6.45) is 3.67. The van der Waals surface area contributed by atoms with Gasteiger partial charge in [-0.2, -0.15) is 0 Å². The molecule has 1 aromatic heterocycles. The third kappa shape index (κ3) is 1.83. The standard InChI is InChI=1S/C11H14BrNO2/c1-11(2)5-3-6-13(11)10(14)8-4-7-15-9(8)12/h4,7H,3,5-6H2,1-2H3. The molecule has 0 aromatic carbocycles. The Bertz CT molecular complexity index is 384. The van der Waals surface area contributed by atoms with E-state index in [0.29, 0.717) is 10.2 Å². The molecular formula is C11H14BrNO2. The van der Waals surface area contributed by atoms with Crippen LogP contribution in [0.3, 0.4) is 0 Å². The van der Waals surface area contributed by atoms with Crippen molar-refractivity contribution in [1.82, 2.24) is 4.90 Å². The van der Waals surface area contributed by atoms with E-state index >= 15 is 0 Å². The minimum Gasteiger partial charge on any atom is -0.457 e. The number of halogens is 1. The summed E-state index contributed by atoms with van der Waals surface area (Å²) in [5.41, 5.74) is 0.582. The first-order chi connectivity index (χ1) is 7.02. The van der Waals surface area contributed by atoms with Crippen LogP contribution >= 0.6 is 15.9 Å². The summed E-state index contributed by atoms with van der Waals surface area (Å²) in [6, 6.07) is 1.71.